The van der Waals surface area contributed by atoms with Crippen molar-refractivity contribution in [3.05, 3.63) is 59.9 Å². The summed E-state index contributed by atoms with van der Waals surface area (Å²) in [5.74, 6) is 0.864. The van der Waals surface area contributed by atoms with Crippen LogP contribution < -0.4 is 20.3 Å². The van der Waals surface area contributed by atoms with Gasteiger partial charge in [0.25, 0.3) is 5.91 Å². The molecule has 0 spiro atoms. The van der Waals surface area contributed by atoms with Crippen LogP contribution in [0.15, 0.2) is 53.7 Å². The fourth-order valence-corrected chi connectivity index (χ4v) is 4.35. The Morgan fingerprint density at radius 2 is 1.83 bits per heavy atom. The molecular weight excluding hydrogens is 468 g/mol. The summed E-state index contributed by atoms with van der Waals surface area (Å²) >= 11 is 1.28. The van der Waals surface area contributed by atoms with Crippen LogP contribution in [0.4, 0.5) is 11.4 Å². The van der Waals surface area contributed by atoms with Crippen LogP contribution in [0, 0.1) is 0 Å². The van der Waals surface area contributed by atoms with Crippen molar-refractivity contribution < 1.29 is 19.1 Å². The quantitative estimate of drug-likeness (QED) is 0.435. The Balaban J connectivity index is 1.26. The van der Waals surface area contributed by atoms with Gasteiger partial charge >= 0.3 is 0 Å². The zero-order valence-corrected chi connectivity index (χ0v) is 20.5. The molecule has 1 aliphatic heterocycles. The van der Waals surface area contributed by atoms with Gasteiger partial charge in [0.1, 0.15) is 5.75 Å². The van der Waals surface area contributed by atoms with Crippen molar-refractivity contribution in [1.29, 1.82) is 0 Å². The number of rotatable bonds is 9. The third kappa shape index (κ3) is 6.31. The van der Waals surface area contributed by atoms with E-state index in [1.54, 1.807) is 35.9 Å². The van der Waals surface area contributed by atoms with Gasteiger partial charge in [-0.1, -0.05) is 23.9 Å². The Labute approximate surface area is 208 Å². The van der Waals surface area contributed by atoms with Gasteiger partial charge in [-0.3, -0.25) is 9.59 Å². The van der Waals surface area contributed by atoms with E-state index in [-0.39, 0.29) is 24.1 Å². The molecule has 1 fully saturated rings. The summed E-state index contributed by atoms with van der Waals surface area (Å²) in [6.07, 6.45) is 0. The number of morpholine rings is 1. The van der Waals surface area contributed by atoms with Crippen molar-refractivity contribution in [3.8, 4) is 5.75 Å². The van der Waals surface area contributed by atoms with Gasteiger partial charge in [-0.2, -0.15) is 0 Å². The van der Waals surface area contributed by atoms with Crippen molar-refractivity contribution in [2.75, 3.05) is 49.4 Å². The van der Waals surface area contributed by atoms with Crippen LogP contribution in [-0.4, -0.2) is 65.7 Å². The van der Waals surface area contributed by atoms with Crippen LogP contribution in [0.3, 0.4) is 0 Å². The number of carbonyl (C=O) groups excluding carboxylic acids is 2. The lowest BCUT2D eigenvalue weighted by molar-refractivity contribution is -0.113. The highest BCUT2D eigenvalue weighted by Gasteiger charge is 2.15. The normalized spacial score (nSPS) is 13.4. The van der Waals surface area contributed by atoms with Crippen LogP contribution in [0.25, 0.3) is 0 Å². The van der Waals surface area contributed by atoms with E-state index < -0.39 is 0 Å². The maximum Gasteiger partial charge on any atom is 0.255 e. The average Bonchev–Trinajstić information content (AvgIpc) is 3.26. The fraction of sp³-hybridized carbons (Fsp3) is 0.333. The summed E-state index contributed by atoms with van der Waals surface area (Å²) in [6.45, 7) is 3.39. The van der Waals surface area contributed by atoms with Crippen molar-refractivity contribution >= 4 is 35.0 Å². The zero-order valence-electron chi connectivity index (χ0n) is 19.7. The predicted octanol–water partition coefficient (Wildman–Crippen LogP) is 2.32. The first-order valence-corrected chi connectivity index (χ1v) is 12.2. The Morgan fingerprint density at radius 1 is 1.09 bits per heavy atom. The van der Waals surface area contributed by atoms with Crippen molar-refractivity contribution in [2.24, 2.45) is 7.05 Å². The van der Waals surface area contributed by atoms with E-state index in [9.17, 15) is 9.59 Å². The number of anilines is 2. The highest BCUT2D eigenvalue weighted by atomic mass is 32.2. The molecule has 0 radical (unpaired) electrons. The lowest BCUT2D eigenvalue weighted by atomic mass is 10.2. The van der Waals surface area contributed by atoms with Gasteiger partial charge in [-0.05, 0) is 36.4 Å². The largest absolute Gasteiger partial charge is 0.496 e. The number of hydrogen-bond donors (Lipinski definition) is 2. The lowest BCUT2D eigenvalue weighted by Gasteiger charge is -2.28. The van der Waals surface area contributed by atoms with Crippen LogP contribution in [-0.2, 0) is 23.1 Å². The molecule has 2 amide bonds. The number of carbonyl (C=O) groups is 2. The minimum atomic E-state index is -0.265. The van der Waals surface area contributed by atoms with Gasteiger partial charge in [0.2, 0.25) is 5.91 Å². The van der Waals surface area contributed by atoms with Gasteiger partial charge in [-0.25, -0.2) is 0 Å². The summed E-state index contributed by atoms with van der Waals surface area (Å²) in [5.41, 5.74) is 2.30. The first kappa shape index (κ1) is 24.6. The Morgan fingerprint density at radius 3 is 2.57 bits per heavy atom. The second-order valence-electron chi connectivity index (χ2n) is 7.82. The number of ether oxygens (including phenoxy) is 2. The van der Waals surface area contributed by atoms with E-state index in [0.717, 1.165) is 37.7 Å². The molecule has 11 heteroatoms. The number of methoxy groups -OCH3 is 1. The molecule has 184 valence electrons. The molecule has 2 aromatic carbocycles. The molecule has 0 saturated carbocycles. The maximum absolute atomic E-state index is 12.5. The molecule has 35 heavy (non-hydrogen) atoms. The third-order valence-electron chi connectivity index (χ3n) is 5.54. The van der Waals surface area contributed by atoms with Crippen LogP contribution in [0.2, 0.25) is 0 Å². The van der Waals surface area contributed by atoms with E-state index in [1.165, 1.54) is 18.9 Å². The van der Waals surface area contributed by atoms with E-state index in [2.05, 4.69) is 25.7 Å². The summed E-state index contributed by atoms with van der Waals surface area (Å²) < 4.78 is 12.4. The smallest absolute Gasteiger partial charge is 0.255 e. The second-order valence-corrected chi connectivity index (χ2v) is 8.77. The molecule has 10 nitrogen and oxygen atoms in total. The van der Waals surface area contributed by atoms with Gasteiger partial charge in [0.15, 0.2) is 11.0 Å². The Kier molecular flexibility index (Phi) is 8.22. The topological polar surface area (TPSA) is 111 Å². The molecule has 0 bridgehead atoms. The number of amides is 2. The molecule has 3 aromatic rings. The second kappa shape index (κ2) is 11.7. The van der Waals surface area contributed by atoms with Gasteiger partial charge in [0, 0.05) is 31.5 Å². The number of aromatic nitrogens is 3. The predicted molar refractivity (Wildman–Crippen MR) is 134 cm³/mol. The summed E-state index contributed by atoms with van der Waals surface area (Å²) in [4.78, 5) is 27.2. The van der Waals surface area contributed by atoms with Gasteiger partial charge in [-0.15, -0.1) is 10.2 Å². The number of para-hydroxylation sites is 1. The van der Waals surface area contributed by atoms with Crippen LogP contribution in [0.1, 0.15) is 16.2 Å². The van der Waals surface area contributed by atoms with Crippen LogP contribution in [0.5, 0.6) is 5.75 Å². The molecule has 4 rings (SSSR count). The lowest BCUT2D eigenvalue weighted by Crippen LogP contribution is -2.36. The molecule has 0 atom stereocenters. The monoisotopic (exact) mass is 496 g/mol. The highest BCUT2D eigenvalue weighted by molar-refractivity contribution is 7.99. The highest BCUT2D eigenvalue weighted by Crippen LogP contribution is 2.21. The SMILES string of the molecule is COc1ccccc1C(=O)NCc1nnc(SCC(=O)Nc2ccc(N3CCOCC3)cc2)n1C. The van der Waals surface area contributed by atoms with E-state index in [4.69, 9.17) is 9.47 Å². The van der Waals surface area contributed by atoms with E-state index in [1.807, 2.05) is 24.3 Å². The molecule has 2 N–H and O–H groups in total. The first-order chi connectivity index (χ1) is 17.0. The van der Waals surface area contributed by atoms with Crippen molar-refractivity contribution in [1.82, 2.24) is 20.1 Å². The molecule has 1 saturated heterocycles. The molecule has 2 heterocycles. The Bertz CT molecular complexity index is 1160. The van der Waals surface area contributed by atoms with E-state index >= 15 is 0 Å². The summed E-state index contributed by atoms with van der Waals surface area (Å²) in [6, 6.07) is 14.8. The molecule has 1 aromatic heterocycles. The molecule has 0 unspecified atom stereocenters. The summed E-state index contributed by atoms with van der Waals surface area (Å²) in [7, 11) is 3.32. The zero-order chi connectivity index (χ0) is 24.6. The number of nitrogens with zero attached hydrogens (tertiary/aromatic N) is 4. The first-order valence-electron chi connectivity index (χ1n) is 11.2. The minimum absolute atomic E-state index is 0.136. The fourth-order valence-electron chi connectivity index (χ4n) is 3.62. The maximum atomic E-state index is 12.5. The van der Waals surface area contributed by atoms with Crippen LogP contribution >= 0.6 is 11.8 Å². The Hall–Kier alpha value is -3.57. The number of nitrogens with one attached hydrogen (secondary N) is 2. The number of hydrogen-bond acceptors (Lipinski definition) is 8. The van der Waals surface area contributed by atoms with Crippen molar-refractivity contribution in [3.63, 3.8) is 0 Å². The molecule has 1 aliphatic rings. The average molecular weight is 497 g/mol. The van der Waals surface area contributed by atoms with E-state index in [0.29, 0.717) is 22.3 Å². The standard InChI is InChI=1S/C24H28N6O4S/c1-29-21(15-25-23(32)19-5-3-4-6-20(19)33-2)27-28-24(29)35-16-22(31)26-17-7-9-18(10-8-17)30-11-13-34-14-12-30/h3-10H,11-16H2,1-2H3,(H,25,32)(H,26,31). The third-order valence-corrected chi connectivity index (χ3v) is 6.56. The van der Waals surface area contributed by atoms with Gasteiger partial charge in [0.05, 0.1) is 38.2 Å². The minimum Gasteiger partial charge on any atom is -0.496 e. The molecular formula is C24H28N6O4S. The van der Waals surface area contributed by atoms with Gasteiger partial charge < -0.3 is 29.6 Å². The number of thioether (sulfide) groups is 1. The number of benzene rings is 2. The molecule has 0 aliphatic carbocycles. The van der Waals surface area contributed by atoms with Crippen molar-refractivity contribution in [2.45, 2.75) is 11.7 Å². The summed E-state index contributed by atoms with van der Waals surface area (Å²) in [5, 5.41) is 14.6.